The Bertz CT molecular complexity index is 240. The minimum Gasteiger partial charge on any atom is -0.396 e. The third-order valence-electron chi connectivity index (χ3n) is 1.44. The molecule has 0 aliphatic heterocycles. The van der Waals surface area contributed by atoms with Crippen LogP contribution in [0, 0.1) is 6.92 Å². The summed E-state index contributed by atoms with van der Waals surface area (Å²) in [5.74, 6) is 0.937. The van der Waals surface area contributed by atoms with Crippen LogP contribution >= 0.6 is 11.8 Å². The quantitative estimate of drug-likeness (QED) is 0.571. The highest BCUT2D eigenvalue weighted by molar-refractivity contribution is 7.99. The van der Waals surface area contributed by atoms with Crippen molar-refractivity contribution in [2.24, 2.45) is 0 Å². The van der Waals surface area contributed by atoms with Gasteiger partial charge >= 0.3 is 0 Å². The first-order chi connectivity index (χ1) is 5.83. The molecule has 2 nitrogen and oxygen atoms in total. The Morgan fingerprint density at radius 3 is 3.08 bits per heavy atom. The first-order valence-electron chi connectivity index (χ1n) is 3.99. The van der Waals surface area contributed by atoms with Crippen molar-refractivity contribution < 1.29 is 5.11 Å². The van der Waals surface area contributed by atoms with E-state index in [4.69, 9.17) is 5.11 Å². The number of hydrogen-bond acceptors (Lipinski definition) is 3. The van der Waals surface area contributed by atoms with Crippen LogP contribution in [0.2, 0.25) is 0 Å². The molecule has 0 saturated heterocycles. The van der Waals surface area contributed by atoms with E-state index >= 15 is 0 Å². The van der Waals surface area contributed by atoms with Gasteiger partial charge in [-0.2, -0.15) is 0 Å². The minimum atomic E-state index is 0.263. The lowest BCUT2D eigenvalue weighted by molar-refractivity contribution is 0.296. The molecule has 0 radical (unpaired) electrons. The second kappa shape index (κ2) is 5.17. The molecule has 1 aromatic rings. The number of nitrogens with zero attached hydrogens (tertiary/aromatic N) is 1. The normalized spacial score (nSPS) is 10.2. The summed E-state index contributed by atoms with van der Waals surface area (Å²) in [5.41, 5.74) is 1.23. The van der Waals surface area contributed by atoms with Crippen LogP contribution in [-0.2, 0) is 0 Å². The fraction of sp³-hybridized carbons (Fsp3) is 0.444. The summed E-state index contributed by atoms with van der Waals surface area (Å²) in [4.78, 5) is 4.19. The van der Waals surface area contributed by atoms with E-state index in [-0.39, 0.29) is 6.61 Å². The summed E-state index contributed by atoms with van der Waals surface area (Å²) in [5, 5.41) is 9.61. The summed E-state index contributed by atoms with van der Waals surface area (Å²) < 4.78 is 0. The highest BCUT2D eigenvalue weighted by atomic mass is 32.2. The predicted molar refractivity (Wildman–Crippen MR) is 51.4 cm³/mol. The number of thioether (sulfide) groups is 1. The van der Waals surface area contributed by atoms with Gasteiger partial charge in [0.05, 0.1) is 5.03 Å². The van der Waals surface area contributed by atoms with Crippen molar-refractivity contribution in [1.29, 1.82) is 0 Å². The van der Waals surface area contributed by atoms with E-state index in [0.29, 0.717) is 0 Å². The zero-order valence-electron chi connectivity index (χ0n) is 7.16. The second-order valence-corrected chi connectivity index (χ2v) is 3.71. The van der Waals surface area contributed by atoms with Crippen LogP contribution in [0.1, 0.15) is 12.0 Å². The van der Waals surface area contributed by atoms with E-state index in [2.05, 4.69) is 18.0 Å². The third-order valence-corrected chi connectivity index (χ3v) is 2.45. The van der Waals surface area contributed by atoms with Crippen molar-refractivity contribution in [3.63, 3.8) is 0 Å². The Labute approximate surface area is 77.0 Å². The van der Waals surface area contributed by atoms with Crippen molar-refractivity contribution in [1.82, 2.24) is 4.98 Å². The molecule has 0 unspecified atom stereocenters. The number of rotatable bonds is 4. The van der Waals surface area contributed by atoms with Gasteiger partial charge in [0.25, 0.3) is 0 Å². The van der Waals surface area contributed by atoms with Crippen molar-refractivity contribution in [3.05, 3.63) is 23.9 Å². The topological polar surface area (TPSA) is 33.1 Å². The van der Waals surface area contributed by atoms with Crippen LogP contribution in [0.5, 0.6) is 0 Å². The van der Waals surface area contributed by atoms with Gasteiger partial charge in [-0.3, -0.25) is 0 Å². The lowest BCUT2D eigenvalue weighted by Crippen LogP contribution is -1.87. The summed E-state index contributed by atoms with van der Waals surface area (Å²) in [6.45, 7) is 2.32. The minimum absolute atomic E-state index is 0.263. The third kappa shape index (κ3) is 3.24. The Hall–Kier alpha value is -0.540. The lowest BCUT2D eigenvalue weighted by Gasteiger charge is -1.99. The maximum absolute atomic E-state index is 8.57. The maximum atomic E-state index is 8.57. The standard InChI is InChI=1S/C9H13NOS/c1-8-3-4-10-9(7-8)12-6-2-5-11/h3-4,7,11H,2,5-6H2,1H3. The van der Waals surface area contributed by atoms with Crippen LogP contribution in [0.15, 0.2) is 23.4 Å². The Morgan fingerprint density at radius 1 is 1.58 bits per heavy atom. The Morgan fingerprint density at radius 2 is 2.42 bits per heavy atom. The summed E-state index contributed by atoms with van der Waals surface area (Å²) in [7, 11) is 0. The van der Waals surface area contributed by atoms with Crippen molar-refractivity contribution >= 4 is 11.8 Å². The molecule has 0 aliphatic rings. The van der Waals surface area contributed by atoms with Gasteiger partial charge in [0.15, 0.2) is 0 Å². The molecule has 0 bridgehead atoms. The number of hydrogen-bond donors (Lipinski definition) is 1. The highest BCUT2D eigenvalue weighted by Gasteiger charge is 1.94. The summed E-state index contributed by atoms with van der Waals surface area (Å²) in [6.07, 6.45) is 2.65. The van der Waals surface area contributed by atoms with E-state index in [9.17, 15) is 0 Å². The van der Waals surface area contributed by atoms with Gasteiger partial charge in [-0.1, -0.05) is 0 Å². The Kier molecular flexibility index (Phi) is 4.11. The van der Waals surface area contributed by atoms with E-state index < -0.39 is 0 Å². The number of aliphatic hydroxyl groups is 1. The summed E-state index contributed by atoms with van der Waals surface area (Å²) in [6, 6.07) is 4.04. The van der Waals surface area contributed by atoms with Gasteiger partial charge < -0.3 is 5.11 Å². The molecule has 66 valence electrons. The lowest BCUT2D eigenvalue weighted by atomic mass is 10.3. The molecule has 12 heavy (non-hydrogen) atoms. The van der Waals surface area contributed by atoms with Crippen LogP contribution < -0.4 is 0 Å². The smallest absolute Gasteiger partial charge is 0.0962 e. The number of pyridine rings is 1. The molecule has 0 aromatic carbocycles. The van der Waals surface area contributed by atoms with E-state index in [1.165, 1.54) is 5.56 Å². The van der Waals surface area contributed by atoms with Gasteiger partial charge in [-0.05, 0) is 31.0 Å². The molecule has 0 aliphatic carbocycles. The van der Waals surface area contributed by atoms with Crippen molar-refractivity contribution in [2.45, 2.75) is 18.4 Å². The van der Waals surface area contributed by atoms with E-state index in [1.54, 1.807) is 11.8 Å². The van der Waals surface area contributed by atoms with Crippen LogP contribution in [0.3, 0.4) is 0 Å². The van der Waals surface area contributed by atoms with Gasteiger partial charge in [0, 0.05) is 18.6 Å². The molecule has 0 amide bonds. The van der Waals surface area contributed by atoms with Crippen molar-refractivity contribution in [2.75, 3.05) is 12.4 Å². The molecule has 1 rings (SSSR count). The second-order valence-electron chi connectivity index (χ2n) is 2.60. The monoisotopic (exact) mass is 183 g/mol. The zero-order valence-corrected chi connectivity index (χ0v) is 7.97. The molecule has 1 N–H and O–H groups in total. The zero-order chi connectivity index (χ0) is 8.81. The molecule has 0 spiro atoms. The molecular weight excluding hydrogens is 170 g/mol. The fourth-order valence-electron chi connectivity index (χ4n) is 0.829. The van der Waals surface area contributed by atoms with Crippen molar-refractivity contribution in [3.8, 4) is 0 Å². The molecule has 0 fully saturated rings. The molecule has 1 heterocycles. The van der Waals surface area contributed by atoms with Gasteiger partial charge in [-0.25, -0.2) is 4.98 Å². The predicted octanol–water partition coefficient (Wildman–Crippen LogP) is 1.86. The van der Waals surface area contributed by atoms with E-state index in [1.807, 2.05) is 12.3 Å². The first-order valence-corrected chi connectivity index (χ1v) is 4.98. The molecule has 3 heteroatoms. The Balaban J connectivity index is 2.41. The summed E-state index contributed by atoms with van der Waals surface area (Å²) >= 11 is 1.69. The van der Waals surface area contributed by atoms with Crippen LogP contribution in [0.4, 0.5) is 0 Å². The van der Waals surface area contributed by atoms with Gasteiger partial charge in [-0.15, -0.1) is 11.8 Å². The van der Waals surface area contributed by atoms with Gasteiger partial charge in [0.1, 0.15) is 0 Å². The fourth-order valence-corrected chi connectivity index (χ4v) is 1.72. The first kappa shape index (κ1) is 9.55. The van der Waals surface area contributed by atoms with Crippen LogP contribution in [0.25, 0.3) is 0 Å². The number of aryl methyl sites for hydroxylation is 1. The SMILES string of the molecule is Cc1ccnc(SCCCO)c1. The molecule has 0 saturated carbocycles. The molecular formula is C9H13NOS. The van der Waals surface area contributed by atoms with E-state index in [0.717, 1.165) is 17.2 Å². The molecule has 1 aromatic heterocycles. The highest BCUT2D eigenvalue weighted by Crippen LogP contribution is 2.16. The van der Waals surface area contributed by atoms with Crippen LogP contribution in [-0.4, -0.2) is 22.5 Å². The molecule has 0 atom stereocenters. The maximum Gasteiger partial charge on any atom is 0.0962 e. The number of aliphatic hydroxyl groups excluding tert-OH is 1. The largest absolute Gasteiger partial charge is 0.396 e. The number of aromatic nitrogens is 1. The average Bonchev–Trinajstić information content (AvgIpc) is 2.05. The average molecular weight is 183 g/mol. The van der Waals surface area contributed by atoms with Gasteiger partial charge in [0.2, 0.25) is 0 Å².